The van der Waals surface area contributed by atoms with Gasteiger partial charge in [-0.3, -0.25) is 20.2 Å². The van der Waals surface area contributed by atoms with E-state index in [1.807, 2.05) is 23.6 Å². The Kier molecular flexibility index (Phi) is 6.46. The fourth-order valence-electron chi connectivity index (χ4n) is 3.63. The third-order valence-corrected chi connectivity index (χ3v) is 6.07. The maximum Gasteiger partial charge on any atom is 0.276 e. The number of aromatic nitrogens is 2. The summed E-state index contributed by atoms with van der Waals surface area (Å²) in [6.45, 7) is 4.92. The van der Waals surface area contributed by atoms with Crippen LogP contribution in [0.3, 0.4) is 0 Å². The van der Waals surface area contributed by atoms with Gasteiger partial charge in [-0.25, -0.2) is 4.98 Å². The Morgan fingerprint density at radius 2 is 1.88 bits per heavy atom. The van der Waals surface area contributed by atoms with Gasteiger partial charge in [-0.2, -0.15) is 0 Å². The van der Waals surface area contributed by atoms with Crippen LogP contribution in [0.1, 0.15) is 22.5 Å². The highest BCUT2D eigenvalue weighted by Gasteiger charge is 2.15. The number of nitrogens with zero attached hydrogens (tertiary/aromatic N) is 3. The molecule has 1 N–H and O–H groups in total. The van der Waals surface area contributed by atoms with E-state index in [-0.39, 0.29) is 5.69 Å². The van der Waals surface area contributed by atoms with Gasteiger partial charge in [0.15, 0.2) is 5.13 Å². The van der Waals surface area contributed by atoms with Gasteiger partial charge >= 0.3 is 0 Å². The second kappa shape index (κ2) is 9.62. The number of nitro benzene ring substituents is 1. The highest BCUT2D eigenvalue weighted by atomic mass is 32.1. The molecule has 0 aliphatic rings. The van der Waals surface area contributed by atoms with E-state index < -0.39 is 10.8 Å². The Labute approximate surface area is 195 Å². The molecule has 4 aromatic rings. The average molecular weight is 459 g/mol. The largest absolute Gasteiger partial charge is 0.344 e. The van der Waals surface area contributed by atoms with Crippen molar-refractivity contribution in [3.05, 3.63) is 105 Å². The molecule has 2 aromatic carbocycles. The third-order valence-electron chi connectivity index (χ3n) is 5.32. The zero-order chi connectivity index (χ0) is 23.4. The SMILES string of the molecule is Cc1cc(-c2csc(NC(=O)C=Cc3ccccc3[N+](=O)[O-])n2)c(C)n1Cc1ccccc1. The summed E-state index contributed by atoms with van der Waals surface area (Å²) in [4.78, 5) is 27.5. The van der Waals surface area contributed by atoms with E-state index in [1.54, 1.807) is 18.2 Å². The van der Waals surface area contributed by atoms with Crippen LogP contribution in [-0.4, -0.2) is 20.4 Å². The van der Waals surface area contributed by atoms with E-state index in [1.165, 1.54) is 35.1 Å². The van der Waals surface area contributed by atoms with Crippen LogP contribution in [0.15, 0.2) is 72.1 Å². The molecule has 0 aliphatic heterocycles. The first kappa shape index (κ1) is 22.2. The van der Waals surface area contributed by atoms with Crippen molar-refractivity contribution in [3.63, 3.8) is 0 Å². The molecule has 4 rings (SSSR count). The summed E-state index contributed by atoms with van der Waals surface area (Å²) in [6.07, 6.45) is 2.70. The smallest absolute Gasteiger partial charge is 0.276 e. The molecule has 0 unspecified atom stereocenters. The summed E-state index contributed by atoms with van der Waals surface area (Å²) in [5.41, 5.74) is 5.60. The molecule has 0 atom stereocenters. The van der Waals surface area contributed by atoms with Crippen molar-refractivity contribution < 1.29 is 9.72 Å². The van der Waals surface area contributed by atoms with Crippen LogP contribution in [0.4, 0.5) is 10.8 Å². The second-order valence-corrected chi connectivity index (χ2v) is 8.39. The van der Waals surface area contributed by atoms with Crippen LogP contribution in [0.25, 0.3) is 17.3 Å². The van der Waals surface area contributed by atoms with Crippen molar-refractivity contribution in [1.82, 2.24) is 9.55 Å². The third kappa shape index (κ3) is 5.07. The van der Waals surface area contributed by atoms with E-state index >= 15 is 0 Å². The summed E-state index contributed by atoms with van der Waals surface area (Å²) >= 11 is 1.34. The number of nitrogens with one attached hydrogen (secondary N) is 1. The number of aryl methyl sites for hydroxylation is 1. The highest BCUT2D eigenvalue weighted by Crippen LogP contribution is 2.30. The quantitative estimate of drug-likeness (QED) is 0.214. The first-order chi connectivity index (χ1) is 15.9. The number of thiazole rings is 1. The van der Waals surface area contributed by atoms with Crippen LogP contribution in [0.5, 0.6) is 0 Å². The van der Waals surface area contributed by atoms with Crippen molar-refractivity contribution in [2.45, 2.75) is 20.4 Å². The van der Waals surface area contributed by atoms with Gasteiger partial charge < -0.3 is 4.57 Å². The zero-order valence-corrected chi connectivity index (χ0v) is 19.0. The molecule has 0 aliphatic carbocycles. The molecule has 0 bridgehead atoms. The predicted octanol–water partition coefficient (Wildman–Crippen LogP) is 5.84. The number of amides is 1. The molecular weight excluding hydrogens is 436 g/mol. The molecule has 2 heterocycles. The summed E-state index contributed by atoms with van der Waals surface area (Å²) in [6, 6.07) is 18.6. The van der Waals surface area contributed by atoms with Gasteiger partial charge in [0.25, 0.3) is 5.69 Å². The Hall–Kier alpha value is -4.04. The molecule has 7 nitrogen and oxygen atoms in total. The van der Waals surface area contributed by atoms with Crippen LogP contribution >= 0.6 is 11.3 Å². The number of rotatable bonds is 7. The first-order valence-electron chi connectivity index (χ1n) is 10.3. The topological polar surface area (TPSA) is 90.1 Å². The fraction of sp³-hybridized carbons (Fsp3) is 0.120. The van der Waals surface area contributed by atoms with E-state index in [0.29, 0.717) is 10.7 Å². The van der Waals surface area contributed by atoms with Gasteiger partial charge in [-0.05, 0) is 37.6 Å². The second-order valence-electron chi connectivity index (χ2n) is 7.53. The normalized spacial score (nSPS) is 11.1. The summed E-state index contributed by atoms with van der Waals surface area (Å²) in [5, 5.41) is 16.2. The number of para-hydroxylation sites is 1. The molecule has 166 valence electrons. The Morgan fingerprint density at radius 1 is 1.15 bits per heavy atom. The number of hydrogen-bond acceptors (Lipinski definition) is 5. The first-order valence-corrected chi connectivity index (χ1v) is 11.2. The molecular formula is C25H22N4O3S. The summed E-state index contributed by atoms with van der Waals surface area (Å²) in [5.74, 6) is -0.399. The van der Waals surface area contributed by atoms with Crippen molar-refractivity contribution in [2.75, 3.05) is 5.32 Å². The lowest BCUT2D eigenvalue weighted by Gasteiger charge is -2.09. The van der Waals surface area contributed by atoms with Gasteiger partial charge in [-0.15, -0.1) is 11.3 Å². The summed E-state index contributed by atoms with van der Waals surface area (Å²) in [7, 11) is 0. The minimum atomic E-state index is -0.473. The molecule has 1 amide bonds. The number of hydrogen-bond donors (Lipinski definition) is 1. The number of carbonyl (C=O) groups excluding carboxylic acids is 1. The van der Waals surface area contributed by atoms with Crippen LogP contribution in [-0.2, 0) is 11.3 Å². The fourth-order valence-corrected chi connectivity index (χ4v) is 4.35. The van der Waals surface area contributed by atoms with Crippen molar-refractivity contribution in [1.29, 1.82) is 0 Å². The Morgan fingerprint density at radius 3 is 2.64 bits per heavy atom. The molecule has 0 spiro atoms. The maximum atomic E-state index is 12.3. The molecule has 0 radical (unpaired) electrons. The molecule has 8 heteroatoms. The highest BCUT2D eigenvalue weighted by molar-refractivity contribution is 7.14. The predicted molar refractivity (Wildman–Crippen MR) is 131 cm³/mol. The molecule has 0 saturated heterocycles. The lowest BCUT2D eigenvalue weighted by molar-refractivity contribution is -0.385. The lowest BCUT2D eigenvalue weighted by atomic mass is 10.1. The molecule has 0 saturated carbocycles. The van der Waals surface area contributed by atoms with Crippen LogP contribution < -0.4 is 5.32 Å². The Bertz CT molecular complexity index is 1340. The van der Waals surface area contributed by atoms with Gasteiger partial charge in [0.1, 0.15) is 0 Å². The van der Waals surface area contributed by atoms with Gasteiger partial charge in [0.2, 0.25) is 5.91 Å². The van der Waals surface area contributed by atoms with Gasteiger partial charge in [0, 0.05) is 41.0 Å². The number of carbonyl (C=O) groups is 1. The number of anilines is 1. The van der Waals surface area contributed by atoms with Gasteiger partial charge in [-0.1, -0.05) is 42.5 Å². The molecule has 33 heavy (non-hydrogen) atoms. The molecule has 0 fully saturated rings. The van der Waals surface area contributed by atoms with E-state index in [4.69, 9.17) is 0 Å². The number of nitro groups is 1. The lowest BCUT2D eigenvalue weighted by Crippen LogP contribution is -2.07. The average Bonchev–Trinajstić information content (AvgIpc) is 3.38. The zero-order valence-electron chi connectivity index (χ0n) is 18.2. The minimum Gasteiger partial charge on any atom is -0.344 e. The molecule has 2 aromatic heterocycles. The van der Waals surface area contributed by atoms with Crippen molar-refractivity contribution in [3.8, 4) is 11.3 Å². The monoisotopic (exact) mass is 458 g/mol. The minimum absolute atomic E-state index is 0.0519. The number of benzene rings is 2. The Balaban J connectivity index is 1.48. The van der Waals surface area contributed by atoms with Crippen LogP contribution in [0, 0.1) is 24.0 Å². The maximum absolute atomic E-state index is 12.3. The van der Waals surface area contributed by atoms with Crippen LogP contribution in [0.2, 0.25) is 0 Å². The van der Waals surface area contributed by atoms with Crippen molar-refractivity contribution in [2.24, 2.45) is 0 Å². The standard InChI is InChI=1S/C25H22N4O3S/c1-17-14-21(18(2)28(17)15-19-8-4-3-5-9-19)22-16-33-25(26-22)27-24(30)13-12-20-10-6-7-11-23(20)29(31)32/h3-14,16H,15H2,1-2H3,(H,26,27,30). The van der Waals surface area contributed by atoms with Gasteiger partial charge in [0.05, 0.1) is 16.2 Å². The van der Waals surface area contributed by atoms with Crippen molar-refractivity contribution >= 4 is 34.1 Å². The van der Waals surface area contributed by atoms with E-state index in [9.17, 15) is 14.9 Å². The van der Waals surface area contributed by atoms with E-state index in [0.717, 1.165) is 29.2 Å². The van der Waals surface area contributed by atoms with E-state index in [2.05, 4.69) is 46.9 Å². The summed E-state index contributed by atoms with van der Waals surface area (Å²) < 4.78 is 2.25.